The van der Waals surface area contributed by atoms with E-state index in [9.17, 15) is 4.79 Å². The lowest BCUT2D eigenvalue weighted by molar-refractivity contribution is -0.117. The lowest BCUT2D eigenvalue weighted by Gasteiger charge is -2.17. The van der Waals surface area contributed by atoms with Crippen molar-refractivity contribution in [1.29, 1.82) is 0 Å². The summed E-state index contributed by atoms with van der Waals surface area (Å²) in [4.78, 5) is 18.9. The lowest BCUT2D eigenvalue weighted by Crippen LogP contribution is -2.40. The van der Waals surface area contributed by atoms with E-state index in [0.29, 0.717) is 12.5 Å². The van der Waals surface area contributed by atoms with Gasteiger partial charge in [-0.25, -0.2) is 4.99 Å². The summed E-state index contributed by atoms with van der Waals surface area (Å²) < 4.78 is 2.02. The highest BCUT2D eigenvalue weighted by Gasteiger charge is 2.23. The first-order valence-corrected chi connectivity index (χ1v) is 9.50. The van der Waals surface area contributed by atoms with Gasteiger partial charge in [0.15, 0.2) is 5.96 Å². The number of benzene rings is 1. The molecule has 8 heteroatoms. The molecule has 1 aromatic heterocycles. The van der Waals surface area contributed by atoms with E-state index >= 15 is 0 Å². The number of carbonyl (C=O) groups excluding carboxylic acids is 1. The molecule has 1 aromatic carbocycles. The first kappa shape index (κ1) is 18.9. The lowest BCUT2D eigenvalue weighted by atomic mass is 10.2. The number of aromatic nitrogens is 3. The average molecular weight is 369 g/mol. The summed E-state index contributed by atoms with van der Waals surface area (Å²) in [6.45, 7) is 7.07. The number of amides is 1. The molecule has 0 saturated heterocycles. The molecule has 0 aliphatic carbocycles. The Kier molecular flexibility index (Phi) is 6.40. The molecular formula is C19H27N7O. The molecule has 144 valence electrons. The minimum atomic E-state index is 0.0178. The fraction of sp³-hybridized carbons (Fsp3) is 0.474. The van der Waals surface area contributed by atoms with E-state index < -0.39 is 0 Å². The van der Waals surface area contributed by atoms with Gasteiger partial charge in [-0.05, 0) is 25.0 Å². The van der Waals surface area contributed by atoms with Crippen LogP contribution in [-0.2, 0) is 24.2 Å². The van der Waals surface area contributed by atoms with Crippen molar-refractivity contribution in [2.75, 3.05) is 31.1 Å². The van der Waals surface area contributed by atoms with Crippen LogP contribution in [0.15, 0.2) is 35.6 Å². The maximum absolute atomic E-state index is 12.6. The summed E-state index contributed by atoms with van der Waals surface area (Å²) in [6.07, 6.45) is 3.49. The van der Waals surface area contributed by atoms with E-state index in [0.717, 1.165) is 44.0 Å². The number of carbonyl (C=O) groups is 1. The molecular weight excluding hydrogens is 342 g/mol. The zero-order valence-electron chi connectivity index (χ0n) is 16.0. The van der Waals surface area contributed by atoms with Crippen LogP contribution < -0.4 is 15.5 Å². The van der Waals surface area contributed by atoms with Crippen LogP contribution in [0.5, 0.6) is 0 Å². The molecule has 2 N–H and O–H groups in total. The Hall–Kier alpha value is -2.90. The van der Waals surface area contributed by atoms with Gasteiger partial charge < -0.3 is 20.1 Å². The molecule has 1 aliphatic heterocycles. The Bertz CT molecular complexity index is 799. The van der Waals surface area contributed by atoms with Crippen LogP contribution in [-0.4, -0.2) is 52.8 Å². The Labute approximate surface area is 159 Å². The molecule has 0 fully saturated rings. The van der Waals surface area contributed by atoms with Gasteiger partial charge in [0.1, 0.15) is 18.7 Å². The second kappa shape index (κ2) is 9.16. The van der Waals surface area contributed by atoms with Crippen molar-refractivity contribution in [2.45, 2.75) is 33.2 Å². The van der Waals surface area contributed by atoms with Crippen molar-refractivity contribution in [2.24, 2.45) is 4.99 Å². The van der Waals surface area contributed by atoms with Crippen LogP contribution in [0.4, 0.5) is 5.69 Å². The molecule has 8 nitrogen and oxygen atoms in total. The van der Waals surface area contributed by atoms with Gasteiger partial charge in [0.05, 0.1) is 0 Å². The van der Waals surface area contributed by atoms with Gasteiger partial charge in [0.2, 0.25) is 5.91 Å². The molecule has 0 spiro atoms. The molecule has 2 heterocycles. The molecule has 0 saturated carbocycles. The smallest absolute Gasteiger partial charge is 0.248 e. The number of nitrogens with one attached hydrogen (secondary N) is 2. The van der Waals surface area contributed by atoms with Gasteiger partial charge in [0, 0.05) is 38.3 Å². The van der Waals surface area contributed by atoms with Gasteiger partial charge in [0.25, 0.3) is 0 Å². The molecule has 0 unspecified atom stereocenters. The fourth-order valence-corrected chi connectivity index (χ4v) is 3.21. The van der Waals surface area contributed by atoms with Gasteiger partial charge in [-0.1, -0.05) is 25.1 Å². The van der Waals surface area contributed by atoms with Gasteiger partial charge >= 0.3 is 0 Å². The van der Waals surface area contributed by atoms with Crippen molar-refractivity contribution >= 4 is 17.6 Å². The third-order valence-electron chi connectivity index (χ3n) is 4.56. The van der Waals surface area contributed by atoms with E-state index in [4.69, 9.17) is 0 Å². The maximum atomic E-state index is 12.6. The number of nitrogens with zero attached hydrogens (tertiary/aromatic N) is 5. The van der Waals surface area contributed by atoms with Gasteiger partial charge in [-0.3, -0.25) is 4.79 Å². The van der Waals surface area contributed by atoms with E-state index in [1.807, 2.05) is 34.6 Å². The number of rotatable bonds is 7. The molecule has 2 aromatic rings. The highest BCUT2D eigenvalue weighted by molar-refractivity contribution is 5.98. The van der Waals surface area contributed by atoms with E-state index in [1.165, 1.54) is 5.56 Å². The quantitative estimate of drug-likeness (QED) is 0.561. The highest BCUT2D eigenvalue weighted by Crippen LogP contribution is 2.27. The minimum absolute atomic E-state index is 0.0178. The Morgan fingerprint density at radius 2 is 2.11 bits per heavy atom. The fourth-order valence-electron chi connectivity index (χ4n) is 3.21. The van der Waals surface area contributed by atoms with E-state index in [2.05, 4.69) is 38.8 Å². The number of hydrogen-bond donors (Lipinski definition) is 2. The maximum Gasteiger partial charge on any atom is 0.248 e. The van der Waals surface area contributed by atoms with Crippen LogP contribution in [0.1, 0.15) is 25.2 Å². The molecule has 1 aliphatic rings. The van der Waals surface area contributed by atoms with Crippen LogP contribution in [0, 0.1) is 0 Å². The molecule has 3 rings (SSSR count). The van der Waals surface area contributed by atoms with Crippen molar-refractivity contribution in [3.05, 3.63) is 42.0 Å². The van der Waals surface area contributed by atoms with Crippen molar-refractivity contribution < 1.29 is 4.79 Å². The van der Waals surface area contributed by atoms with Crippen LogP contribution in [0.25, 0.3) is 0 Å². The number of aryl methyl sites for hydroxylation is 1. The second-order valence-electron chi connectivity index (χ2n) is 6.34. The standard InChI is InChI=1S/C19H27N7O/c1-3-17-24-23-14-25(17)12-10-21-19(20-4-2)22-13-18(27)26-11-9-15-7-5-6-8-16(15)26/h5-8,14H,3-4,9-13H2,1-2H3,(H2,20,21,22). The zero-order valence-corrected chi connectivity index (χ0v) is 16.0. The third-order valence-corrected chi connectivity index (χ3v) is 4.56. The normalized spacial score (nSPS) is 13.6. The number of hydrogen-bond acceptors (Lipinski definition) is 4. The average Bonchev–Trinajstić information content (AvgIpc) is 3.32. The van der Waals surface area contributed by atoms with Crippen LogP contribution in [0.2, 0.25) is 0 Å². The number of guanidine groups is 1. The largest absolute Gasteiger partial charge is 0.357 e. The molecule has 27 heavy (non-hydrogen) atoms. The monoisotopic (exact) mass is 369 g/mol. The summed E-state index contributed by atoms with van der Waals surface area (Å²) in [5.41, 5.74) is 2.23. The Morgan fingerprint density at radius 3 is 2.93 bits per heavy atom. The Balaban J connectivity index is 1.55. The van der Waals surface area contributed by atoms with Crippen LogP contribution >= 0.6 is 0 Å². The number of aliphatic imine (C=N–C) groups is 1. The molecule has 0 radical (unpaired) electrons. The number of para-hydroxylation sites is 1. The van der Waals surface area contributed by atoms with Crippen molar-refractivity contribution in [1.82, 2.24) is 25.4 Å². The van der Waals surface area contributed by atoms with Gasteiger partial charge in [-0.2, -0.15) is 0 Å². The minimum Gasteiger partial charge on any atom is -0.357 e. The summed E-state index contributed by atoms with van der Waals surface area (Å²) in [6, 6.07) is 8.05. The highest BCUT2D eigenvalue weighted by atomic mass is 16.2. The predicted octanol–water partition coefficient (Wildman–Crippen LogP) is 0.985. The molecule has 1 amide bonds. The third kappa shape index (κ3) is 4.64. The molecule has 0 bridgehead atoms. The zero-order chi connectivity index (χ0) is 19.1. The molecule has 0 atom stereocenters. The summed E-state index contributed by atoms with van der Waals surface area (Å²) in [7, 11) is 0. The predicted molar refractivity (Wildman–Crippen MR) is 106 cm³/mol. The summed E-state index contributed by atoms with van der Waals surface area (Å²) >= 11 is 0. The summed E-state index contributed by atoms with van der Waals surface area (Å²) in [5.74, 6) is 1.62. The Morgan fingerprint density at radius 1 is 1.26 bits per heavy atom. The van der Waals surface area contributed by atoms with Crippen LogP contribution in [0.3, 0.4) is 0 Å². The number of fused-ring (bicyclic) bond motifs is 1. The first-order valence-electron chi connectivity index (χ1n) is 9.50. The van der Waals surface area contributed by atoms with Crippen molar-refractivity contribution in [3.63, 3.8) is 0 Å². The van der Waals surface area contributed by atoms with E-state index in [1.54, 1.807) is 6.33 Å². The topological polar surface area (TPSA) is 87.4 Å². The van der Waals surface area contributed by atoms with E-state index in [-0.39, 0.29) is 12.5 Å². The van der Waals surface area contributed by atoms with Gasteiger partial charge in [-0.15, -0.1) is 10.2 Å². The van der Waals surface area contributed by atoms with Crippen molar-refractivity contribution in [3.8, 4) is 0 Å². The summed E-state index contributed by atoms with van der Waals surface area (Å²) in [5, 5.41) is 14.5. The SMILES string of the molecule is CCNC(=NCC(=O)N1CCc2ccccc21)NCCn1cnnc1CC. The second-order valence-corrected chi connectivity index (χ2v) is 6.34. The first-order chi connectivity index (χ1) is 13.2. The number of anilines is 1.